The van der Waals surface area contributed by atoms with Crippen molar-refractivity contribution >= 4 is 28.4 Å². The van der Waals surface area contributed by atoms with E-state index < -0.39 is 5.82 Å². The number of hydrogen-bond acceptors (Lipinski definition) is 6. The van der Waals surface area contributed by atoms with Crippen LogP contribution in [0.15, 0.2) is 42.7 Å². The zero-order chi connectivity index (χ0) is 21.1. The SMILES string of the molecule is COc1cc2ncnc(N3CCN(C(=O)Nc4ccccc4F)CC3)c2cc1OC. The van der Waals surface area contributed by atoms with Crippen LogP contribution in [-0.4, -0.2) is 61.3 Å². The molecule has 0 spiro atoms. The first kappa shape index (κ1) is 19.7. The second kappa shape index (κ2) is 8.40. The van der Waals surface area contributed by atoms with E-state index >= 15 is 0 Å². The molecule has 9 heteroatoms. The molecule has 1 fully saturated rings. The van der Waals surface area contributed by atoms with Crippen molar-refractivity contribution in [2.75, 3.05) is 50.6 Å². The quantitative estimate of drug-likeness (QED) is 0.711. The number of piperazine rings is 1. The number of methoxy groups -OCH3 is 2. The molecule has 30 heavy (non-hydrogen) atoms. The number of nitrogens with one attached hydrogen (secondary N) is 1. The van der Waals surface area contributed by atoms with E-state index in [-0.39, 0.29) is 11.7 Å². The first-order chi connectivity index (χ1) is 14.6. The fourth-order valence-electron chi connectivity index (χ4n) is 3.50. The molecule has 0 radical (unpaired) electrons. The predicted octanol–water partition coefficient (Wildman–Crippen LogP) is 3.14. The third-order valence-electron chi connectivity index (χ3n) is 5.10. The van der Waals surface area contributed by atoms with Crippen molar-refractivity contribution in [1.82, 2.24) is 14.9 Å². The van der Waals surface area contributed by atoms with E-state index in [2.05, 4.69) is 20.2 Å². The third kappa shape index (κ3) is 3.78. The van der Waals surface area contributed by atoms with E-state index in [1.165, 1.54) is 18.5 Å². The largest absolute Gasteiger partial charge is 0.493 e. The van der Waals surface area contributed by atoms with Crippen molar-refractivity contribution < 1.29 is 18.7 Å². The van der Waals surface area contributed by atoms with Crippen molar-refractivity contribution in [3.05, 3.63) is 48.5 Å². The number of urea groups is 1. The lowest BCUT2D eigenvalue weighted by atomic mass is 10.2. The first-order valence-corrected chi connectivity index (χ1v) is 9.53. The smallest absolute Gasteiger partial charge is 0.322 e. The van der Waals surface area contributed by atoms with Crippen LogP contribution in [-0.2, 0) is 0 Å². The minimum atomic E-state index is -0.457. The highest BCUT2D eigenvalue weighted by Gasteiger charge is 2.24. The van der Waals surface area contributed by atoms with E-state index in [9.17, 15) is 9.18 Å². The summed E-state index contributed by atoms with van der Waals surface area (Å²) in [6, 6.07) is 9.48. The Hall–Kier alpha value is -3.62. The van der Waals surface area contributed by atoms with Gasteiger partial charge in [-0.05, 0) is 18.2 Å². The second-order valence-corrected chi connectivity index (χ2v) is 6.81. The molecule has 2 amide bonds. The molecule has 0 aliphatic carbocycles. The Bertz CT molecular complexity index is 1070. The van der Waals surface area contributed by atoms with Crippen molar-refractivity contribution in [2.24, 2.45) is 0 Å². The van der Waals surface area contributed by atoms with Crippen LogP contribution < -0.4 is 19.7 Å². The summed E-state index contributed by atoms with van der Waals surface area (Å²) in [5.74, 6) is 1.52. The van der Waals surface area contributed by atoms with Crippen LogP contribution in [0.25, 0.3) is 10.9 Å². The second-order valence-electron chi connectivity index (χ2n) is 6.81. The number of hydrogen-bond donors (Lipinski definition) is 1. The summed E-state index contributed by atoms with van der Waals surface area (Å²) in [5, 5.41) is 3.48. The topological polar surface area (TPSA) is 79.8 Å². The van der Waals surface area contributed by atoms with Gasteiger partial charge in [0.2, 0.25) is 0 Å². The lowest BCUT2D eigenvalue weighted by Crippen LogP contribution is -2.50. The highest BCUT2D eigenvalue weighted by Crippen LogP contribution is 2.34. The third-order valence-corrected chi connectivity index (χ3v) is 5.10. The minimum absolute atomic E-state index is 0.174. The van der Waals surface area contributed by atoms with E-state index in [1.807, 2.05) is 12.1 Å². The summed E-state index contributed by atoms with van der Waals surface area (Å²) in [6.45, 7) is 2.15. The van der Waals surface area contributed by atoms with Crippen molar-refractivity contribution in [3.63, 3.8) is 0 Å². The van der Waals surface area contributed by atoms with Gasteiger partial charge in [-0.2, -0.15) is 0 Å². The molecule has 2 heterocycles. The number of nitrogens with zero attached hydrogens (tertiary/aromatic N) is 4. The van der Waals surface area contributed by atoms with Crippen LogP contribution in [0.4, 0.5) is 20.7 Å². The summed E-state index contributed by atoms with van der Waals surface area (Å²) in [7, 11) is 3.16. The maximum absolute atomic E-state index is 13.8. The average Bonchev–Trinajstić information content (AvgIpc) is 2.79. The lowest BCUT2D eigenvalue weighted by molar-refractivity contribution is 0.208. The van der Waals surface area contributed by atoms with E-state index in [1.54, 1.807) is 31.3 Å². The summed E-state index contributed by atoms with van der Waals surface area (Å²) >= 11 is 0. The van der Waals surface area contributed by atoms with Gasteiger partial charge in [-0.1, -0.05) is 12.1 Å². The maximum Gasteiger partial charge on any atom is 0.322 e. The molecule has 0 unspecified atom stereocenters. The Kier molecular flexibility index (Phi) is 5.51. The van der Waals surface area contributed by atoms with Gasteiger partial charge >= 0.3 is 6.03 Å². The van der Waals surface area contributed by atoms with Gasteiger partial charge in [-0.15, -0.1) is 0 Å². The number of anilines is 2. The Morgan fingerprint density at radius 3 is 2.43 bits per heavy atom. The van der Waals surface area contributed by atoms with Crippen molar-refractivity contribution in [2.45, 2.75) is 0 Å². The highest BCUT2D eigenvalue weighted by molar-refractivity contribution is 5.92. The van der Waals surface area contributed by atoms with Crippen LogP contribution in [0.3, 0.4) is 0 Å². The number of amides is 2. The lowest BCUT2D eigenvalue weighted by Gasteiger charge is -2.35. The molecule has 1 aromatic heterocycles. The predicted molar refractivity (Wildman–Crippen MR) is 112 cm³/mol. The van der Waals surface area contributed by atoms with E-state index in [0.29, 0.717) is 37.7 Å². The van der Waals surface area contributed by atoms with Crippen molar-refractivity contribution in [1.29, 1.82) is 0 Å². The van der Waals surface area contributed by atoms with Crippen LogP contribution in [0, 0.1) is 5.82 Å². The van der Waals surface area contributed by atoms with E-state index in [4.69, 9.17) is 9.47 Å². The fraction of sp³-hybridized carbons (Fsp3) is 0.286. The van der Waals surface area contributed by atoms with Gasteiger partial charge in [0.05, 0.1) is 25.4 Å². The number of carbonyl (C=O) groups is 1. The molecule has 1 aliphatic rings. The van der Waals surface area contributed by atoms with Crippen molar-refractivity contribution in [3.8, 4) is 11.5 Å². The number of fused-ring (bicyclic) bond motifs is 1. The van der Waals surface area contributed by atoms with Crippen LogP contribution in [0.2, 0.25) is 0 Å². The number of benzene rings is 2. The molecule has 0 atom stereocenters. The Balaban J connectivity index is 1.49. The normalized spacial score (nSPS) is 14.0. The van der Waals surface area contributed by atoms with Gasteiger partial charge in [0, 0.05) is 37.6 Å². The molecular weight excluding hydrogens is 389 g/mol. The van der Waals surface area contributed by atoms with Crippen LogP contribution in [0.1, 0.15) is 0 Å². The van der Waals surface area contributed by atoms with Gasteiger partial charge in [-0.25, -0.2) is 19.2 Å². The maximum atomic E-state index is 13.8. The fourth-order valence-corrected chi connectivity index (χ4v) is 3.50. The van der Waals surface area contributed by atoms with Gasteiger partial charge < -0.3 is 24.6 Å². The molecular formula is C21H22FN5O3. The molecule has 8 nitrogen and oxygen atoms in total. The monoisotopic (exact) mass is 411 g/mol. The molecule has 0 bridgehead atoms. The number of aromatic nitrogens is 2. The minimum Gasteiger partial charge on any atom is -0.493 e. The van der Waals surface area contributed by atoms with Crippen LogP contribution >= 0.6 is 0 Å². The molecule has 1 N–H and O–H groups in total. The van der Waals surface area contributed by atoms with E-state index in [0.717, 1.165) is 16.7 Å². The Morgan fingerprint density at radius 2 is 1.73 bits per heavy atom. The Labute approximate surface area is 173 Å². The van der Waals surface area contributed by atoms with Gasteiger partial charge in [-0.3, -0.25) is 0 Å². The standard InChI is InChI=1S/C21H22FN5O3/c1-29-18-11-14-17(12-19(18)30-2)23-13-24-20(14)26-7-9-27(10-8-26)21(28)25-16-6-4-3-5-15(16)22/h3-6,11-13H,7-10H2,1-2H3,(H,25,28). The molecule has 2 aromatic carbocycles. The summed E-state index contributed by atoms with van der Waals surface area (Å²) in [4.78, 5) is 25.1. The molecule has 4 rings (SSSR count). The molecule has 1 saturated heterocycles. The summed E-state index contributed by atoms with van der Waals surface area (Å²) < 4.78 is 24.6. The zero-order valence-electron chi connectivity index (χ0n) is 16.8. The number of rotatable bonds is 4. The highest BCUT2D eigenvalue weighted by atomic mass is 19.1. The summed E-state index contributed by atoms with van der Waals surface area (Å²) in [5.41, 5.74) is 0.921. The van der Waals surface area contributed by atoms with Gasteiger partial charge in [0.1, 0.15) is 18.0 Å². The Morgan fingerprint density at radius 1 is 1.03 bits per heavy atom. The number of carbonyl (C=O) groups excluding carboxylic acids is 1. The zero-order valence-corrected chi connectivity index (χ0v) is 16.8. The summed E-state index contributed by atoms with van der Waals surface area (Å²) in [6.07, 6.45) is 1.51. The molecule has 3 aromatic rings. The number of halogens is 1. The molecule has 1 aliphatic heterocycles. The first-order valence-electron chi connectivity index (χ1n) is 9.53. The number of ether oxygens (including phenoxy) is 2. The number of para-hydroxylation sites is 1. The average molecular weight is 411 g/mol. The molecule has 0 saturated carbocycles. The van der Waals surface area contributed by atoms with Gasteiger partial charge in [0.25, 0.3) is 0 Å². The van der Waals surface area contributed by atoms with Gasteiger partial charge in [0.15, 0.2) is 11.5 Å². The van der Waals surface area contributed by atoms with Crippen LogP contribution in [0.5, 0.6) is 11.5 Å². The molecule has 156 valence electrons.